The molecule has 0 spiro atoms. The van der Waals surface area contributed by atoms with E-state index in [0.29, 0.717) is 0 Å². The number of allylic oxidation sites excluding steroid dienone is 2. The maximum atomic E-state index is 10.0. The van der Waals surface area contributed by atoms with E-state index >= 15 is 0 Å². The van der Waals surface area contributed by atoms with Crippen LogP contribution in [0.3, 0.4) is 0 Å². The van der Waals surface area contributed by atoms with Gasteiger partial charge >= 0.3 is 0 Å². The van der Waals surface area contributed by atoms with Gasteiger partial charge in [-0.3, -0.25) is 4.79 Å². The Labute approximate surface area is 59.2 Å². The number of hydrogen-bond donors (Lipinski definition) is 0. The lowest BCUT2D eigenvalue weighted by Crippen LogP contribution is -1.73. The largest absolute Gasteiger partial charge is 0.472 e. The predicted octanol–water partition coefficient (Wildman–Crippen LogP) is 1.88. The van der Waals surface area contributed by atoms with E-state index in [-0.39, 0.29) is 0 Å². The molecule has 0 aliphatic rings. The van der Waals surface area contributed by atoms with E-state index in [2.05, 4.69) is 0 Å². The summed E-state index contributed by atoms with van der Waals surface area (Å²) in [6.45, 7) is 1.86. The Hall–Kier alpha value is -1.31. The summed E-state index contributed by atoms with van der Waals surface area (Å²) < 4.78 is 4.83. The van der Waals surface area contributed by atoms with Crippen LogP contribution in [0.15, 0.2) is 29.1 Å². The quantitative estimate of drug-likeness (QED) is 0.459. The van der Waals surface area contributed by atoms with E-state index in [9.17, 15) is 4.79 Å². The van der Waals surface area contributed by atoms with Crippen molar-refractivity contribution in [2.45, 2.75) is 6.92 Å². The summed E-state index contributed by atoms with van der Waals surface area (Å²) in [5.74, 6) is 0. The minimum atomic E-state index is 0.766. The summed E-state index contributed by atoms with van der Waals surface area (Å²) in [4.78, 5) is 10.0. The highest BCUT2D eigenvalue weighted by Gasteiger charge is 1.93. The third kappa shape index (κ3) is 1.35. The van der Waals surface area contributed by atoms with Gasteiger partial charge in [-0.1, -0.05) is 0 Å². The zero-order valence-electron chi connectivity index (χ0n) is 5.70. The Balaban J connectivity index is 2.86. The average molecular weight is 136 g/mol. The van der Waals surface area contributed by atoms with E-state index in [1.807, 2.05) is 13.0 Å². The minimum absolute atomic E-state index is 0.766. The van der Waals surface area contributed by atoms with E-state index in [4.69, 9.17) is 4.42 Å². The second kappa shape index (κ2) is 3.01. The first-order valence-corrected chi connectivity index (χ1v) is 2.99. The third-order valence-corrected chi connectivity index (χ3v) is 1.29. The molecule has 0 aliphatic heterocycles. The molecule has 52 valence electrons. The van der Waals surface area contributed by atoms with Gasteiger partial charge in [-0.2, -0.15) is 0 Å². The van der Waals surface area contributed by atoms with Crippen LogP contribution in [0.1, 0.15) is 12.5 Å². The van der Waals surface area contributed by atoms with Crippen LogP contribution in [0.25, 0.3) is 5.57 Å². The van der Waals surface area contributed by atoms with Gasteiger partial charge in [0, 0.05) is 5.56 Å². The first kappa shape index (κ1) is 6.81. The SMILES string of the molecule is C/C(=C\C=O)c1ccoc1. The fourth-order valence-electron chi connectivity index (χ4n) is 0.687. The molecule has 0 aromatic carbocycles. The van der Waals surface area contributed by atoms with Crippen molar-refractivity contribution in [2.24, 2.45) is 0 Å². The molecule has 1 aromatic rings. The smallest absolute Gasteiger partial charge is 0.143 e. The minimum Gasteiger partial charge on any atom is -0.472 e. The molecule has 0 saturated heterocycles. The van der Waals surface area contributed by atoms with Crippen LogP contribution in [0.4, 0.5) is 0 Å². The summed E-state index contributed by atoms with van der Waals surface area (Å²) in [5.41, 5.74) is 1.87. The van der Waals surface area contributed by atoms with Crippen LogP contribution in [0.5, 0.6) is 0 Å². The molecule has 0 amide bonds. The van der Waals surface area contributed by atoms with Crippen LogP contribution < -0.4 is 0 Å². The molecule has 0 atom stereocenters. The molecular formula is C8H8O2. The maximum absolute atomic E-state index is 10.0. The molecule has 2 nitrogen and oxygen atoms in total. The van der Waals surface area contributed by atoms with Gasteiger partial charge in [0.25, 0.3) is 0 Å². The fourth-order valence-corrected chi connectivity index (χ4v) is 0.687. The van der Waals surface area contributed by atoms with Crippen LogP contribution >= 0.6 is 0 Å². The highest BCUT2D eigenvalue weighted by atomic mass is 16.3. The molecule has 0 radical (unpaired) electrons. The van der Waals surface area contributed by atoms with Crippen molar-refractivity contribution < 1.29 is 9.21 Å². The Kier molecular flexibility index (Phi) is 2.05. The molecule has 0 bridgehead atoms. The standard InChI is InChI=1S/C8H8O2/c1-7(2-4-9)8-3-5-10-6-8/h2-6H,1H3/b7-2+. The normalized spacial score (nSPS) is 11.5. The Morgan fingerprint density at radius 1 is 1.70 bits per heavy atom. The highest BCUT2D eigenvalue weighted by Crippen LogP contribution is 2.11. The number of rotatable bonds is 2. The van der Waals surface area contributed by atoms with Crippen molar-refractivity contribution in [1.29, 1.82) is 0 Å². The van der Waals surface area contributed by atoms with Gasteiger partial charge in [0.15, 0.2) is 0 Å². The van der Waals surface area contributed by atoms with Gasteiger partial charge in [0.2, 0.25) is 0 Å². The Bertz CT molecular complexity index is 232. The monoisotopic (exact) mass is 136 g/mol. The van der Waals surface area contributed by atoms with Crippen molar-refractivity contribution >= 4 is 11.9 Å². The zero-order chi connectivity index (χ0) is 7.40. The van der Waals surface area contributed by atoms with Gasteiger partial charge in [-0.25, -0.2) is 0 Å². The molecule has 1 aromatic heterocycles. The number of carbonyl (C=O) groups excluding carboxylic acids is 1. The van der Waals surface area contributed by atoms with Crippen molar-refractivity contribution in [3.05, 3.63) is 30.2 Å². The summed E-state index contributed by atoms with van der Waals surface area (Å²) in [6, 6.07) is 1.81. The van der Waals surface area contributed by atoms with E-state index in [1.54, 1.807) is 12.5 Å². The molecule has 10 heavy (non-hydrogen) atoms. The van der Waals surface area contributed by atoms with E-state index < -0.39 is 0 Å². The Morgan fingerprint density at radius 2 is 2.50 bits per heavy atom. The lowest BCUT2D eigenvalue weighted by atomic mass is 10.1. The van der Waals surface area contributed by atoms with E-state index in [0.717, 1.165) is 17.4 Å². The van der Waals surface area contributed by atoms with Gasteiger partial charge in [0.1, 0.15) is 6.29 Å². The second-order valence-electron chi connectivity index (χ2n) is 2.00. The van der Waals surface area contributed by atoms with Gasteiger partial charge in [-0.15, -0.1) is 0 Å². The lowest BCUT2D eigenvalue weighted by Gasteiger charge is -1.88. The summed E-state index contributed by atoms with van der Waals surface area (Å²) in [5, 5.41) is 0. The molecular weight excluding hydrogens is 128 g/mol. The molecule has 2 heteroatoms. The van der Waals surface area contributed by atoms with Crippen LogP contribution in [0, 0.1) is 0 Å². The van der Waals surface area contributed by atoms with Crippen LogP contribution in [0.2, 0.25) is 0 Å². The molecule has 0 saturated carbocycles. The molecule has 1 rings (SSSR count). The highest BCUT2D eigenvalue weighted by molar-refractivity contribution is 5.80. The third-order valence-electron chi connectivity index (χ3n) is 1.29. The first-order valence-electron chi connectivity index (χ1n) is 2.99. The maximum Gasteiger partial charge on any atom is 0.143 e. The first-order chi connectivity index (χ1) is 4.84. The zero-order valence-corrected chi connectivity index (χ0v) is 5.70. The molecule has 0 unspecified atom stereocenters. The number of furan rings is 1. The van der Waals surface area contributed by atoms with E-state index in [1.165, 1.54) is 6.08 Å². The summed E-state index contributed by atoms with van der Waals surface area (Å²) in [6.07, 6.45) is 5.46. The van der Waals surface area contributed by atoms with Crippen molar-refractivity contribution in [1.82, 2.24) is 0 Å². The van der Waals surface area contributed by atoms with Crippen LogP contribution in [-0.2, 0) is 4.79 Å². The van der Waals surface area contributed by atoms with Gasteiger partial charge < -0.3 is 4.42 Å². The fraction of sp³-hybridized carbons (Fsp3) is 0.125. The van der Waals surface area contributed by atoms with Crippen molar-refractivity contribution in [3.63, 3.8) is 0 Å². The Morgan fingerprint density at radius 3 is 3.00 bits per heavy atom. The molecule has 1 heterocycles. The average Bonchev–Trinajstić information content (AvgIpc) is 2.38. The topological polar surface area (TPSA) is 30.2 Å². The molecule has 0 fully saturated rings. The molecule has 0 aliphatic carbocycles. The molecule has 0 N–H and O–H groups in total. The summed E-state index contributed by atoms with van der Waals surface area (Å²) in [7, 11) is 0. The van der Waals surface area contributed by atoms with Crippen molar-refractivity contribution in [3.8, 4) is 0 Å². The lowest BCUT2D eigenvalue weighted by molar-refractivity contribution is -0.104. The van der Waals surface area contributed by atoms with Gasteiger partial charge in [-0.05, 0) is 24.6 Å². The van der Waals surface area contributed by atoms with Crippen molar-refractivity contribution in [2.75, 3.05) is 0 Å². The number of carbonyl (C=O) groups is 1. The number of hydrogen-bond acceptors (Lipinski definition) is 2. The number of aldehydes is 1. The van der Waals surface area contributed by atoms with Crippen LogP contribution in [-0.4, -0.2) is 6.29 Å². The summed E-state index contributed by atoms with van der Waals surface area (Å²) >= 11 is 0. The predicted molar refractivity (Wildman–Crippen MR) is 38.4 cm³/mol. The second-order valence-corrected chi connectivity index (χ2v) is 2.00. The van der Waals surface area contributed by atoms with Gasteiger partial charge in [0.05, 0.1) is 12.5 Å².